The number of benzene rings is 1. The zero-order valence-electron chi connectivity index (χ0n) is 13.2. The van der Waals surface area contributed by atoms with Crippen LogP contribution in [0.4, 0.5) is 5.69 Å². The Labute approximate surface area is 157 Å². The van der Waals surface area contributed by atoms with E-state index in [1.165, 1.54) is 16.2 Å². The van der Waals surface area contributed by atoms with Gasteiger partial charge >= 0.3 is 0 Å². The summed E-state index contributed by atoms with van der Waals surface area (Å²) in [5, 5.41) is 9.77. The van der Waals surface area contributed by atoms with E-state index < -0.39 is 0 Å². The van der Waals surface area contributed by atoms with E-state index in [0.29, 0.717) is 16.4 Å². The van der Waals surface area contributed by atoms with Gasteiger partial charge in [-0.15, -0.1) is 11.3 Å². The van der Waals surface area contributed by atoms with Gasteiger partial charge in [-0.2, -0.15) is 11.3 Å². The third-order valence-electron chi connectivity index (χ3n) is 3.35. The molecule has 5 nitrogen and oxygen atoms in total. The lowest BCUT2D eigenvalue weighted by Gasteiger charge is -2.15. The molecule has 0 radical (unpaired) electrons. The summed E-state index contributed by atoms with van der Waals surface area (Å²) in [4.78, 5) is 30.2. The van der Waals surface area contributed by atoms with E-state index in [2.05, 4.69) is 10.3 Å². The molecule has 0 aliphatic heterocycles. The van der Waals surface area contributed by atoms with Crippen LogP contribution in [0.1, 0.15) is 10.5 Å². The first-order valence-electron chi connectivity index (χ1n) is 7.32. The number of thiazole rings is 1. The number of halogens is 1. The number of carbonyl (C=O) groups is 2. The molecule has 128 valence electrons. The predicted octanol–water partition coefficient (Wildman–Crippen LogP) is 4.24. The van der Waals surface area contributed by atoms with Gasteiger partial charge in [0, 0.05) is 34.1 Å². The third-order valence-corrected chi connectivity index (χ3v) is 5.17. The van der Waals surface area contributed by atoms with Crippen LogP contribution in [0.15, 0.2) is 46.5 Å². The molecule has 0 saturated carbocycles. The van der Waals surface area contributed by atoms with Crippen molar-refractivity contribution in [2.24, 2.45) is 0 Å². The zero-order chi connectivity index (χ0) is 17.8. The first-order valence-corrected chi connectivity index (χ1v) is 9.52. The highest BCUT2D eigenvalue weighted by Crippen LogP contribution is 2.26. The first-order chi connectivity index (χ1) is 12.0. The van der Waals surface area contributed by atoms with Crippen LogP contribution in [0.3, 0.4) is 0 Å². The fraction of sp³-hybridized carbons (Fsp3) is 0.118. The van der Waals surface area contributed by atoms with E-state index in [4.69, 9.17) is 11.6 Å². The molecule has 0 aliphatic rings. The van der Waals surface area contributed by atoms with Gasteiger partial charge in [-0.05, 0) is 35.7 Å². The summed E-state index contributed by atoms with van der Waals surface area (Å²) in [6.45, 7) is -0.0627. The standard InChI is InChI=1S/C17H14ClN3O2S2/c1-21(8-15(22)19-13-4-2-12(18)3-5-13)17(23)14-10-25-16(20-14)11-6-7-24-9-11/h2-7,9-10H,8H2,1H3,(H,19,22). The summed E-state index contributed by atoms with van der Waals surface area (Å²) in [7, 11) is 1.58. The maximum atomic E-state index is 12.4. The SMILES string of the molecule is CN(CC(=O)Nc1ccc(Cl)cc1)C(=O)c1csc(-c2ccsc2)n1. The van der Waals surface area contributed by atoms with Crippen molar-refractivity contribution in [2.45, 2.75) is 0 Å². The highest BCUT2D eigenvalue weighted by Gasteiger charge is 2.18. The minimum Gasteiger partial charge on any atom is -0.331 e. The molecule has 0 saturated heterocycles. The summed E-state index contributed by atoms with van der Waals surface area (Å²) < 4.78 is 0. The van der Waals surface area contributed by atoms with Crippen LogP contribution in [0, 0.1) is 0 Å². The molecule has 2 amide bonds. The van der Waals surface area contributed by atoms with Crippen LogP contribution in [0.5, 0.6) is 0 Å². The number of likely N-dealkylation sites (N-methyl/N-ethyl adjacent to an activating group) is 1. The van der Waals surface area contributed by atoms with Gasteiger partial charge in [0.1, 0.15) is 10.7 Å². The van der Waals surface area contributed by atoms with Crippen LogP contribution in [-0.2, 0) is 4.79 Å². The molecule has 0 fully saturated rings. The van der Waals surface area contributed by atoms with Gasteiger partial charge in [0.2, 0.25) is 5.91 Å². The Morgan fingerprint density at radius 2 is 1.96 bits per heavy atom. The largest absolute Gasteiger partial charge is 0.331 e. The van der Waals surface area contributed by atoms with Crippen LogP contribution in [0.2, 0.25) is 5.02 Å². The fourth-order valence-corrected chi connectivity index (χ4v) is 3.74. The Kier molecular flexibility index (Phi) is 5.47. The lowest BCUT2D eigenvalue weighted by molar-refractivity contribution is -0.116. The normalized spacial score (nSPS) is 10.5. The van der Waals surface area contributed by atoms with E-state index >= 15 is 0 Å². The number of carbonyl (C=O) groups excluding carboxylic acids is 2. The molecule has 0 bridgehead atoms. The van der Waals surface area contributed by atoms with Crippen molar-refractivity contribution < 1.29 is 9.59 Å². The maximum Gasteiger partial charge on any atom is 0.273 e. The minimum atomic E-state index is -0.288. The summed E-state index contributed by atoms with van der Waals surface area (Å²) in [5.41, 5.74) is 1.97. The molecule has 8 heteroatoms. The number of thiophene rings is 1. The number of amides is 2. The highest BCUT2D eigenvalue weighted by molar-refractivity contribution is 7.14. The Morgan fingerprint density at radius 3 is 2.64 bits per heavy atom. The summed E-state index contributed by atoms with van der Waals surface area (Å²) in [6, 6.07) is 8.74. The molecule has 3 aromatic rings. The molecule has 0 unspecified atom stereocenters. The quantitative estimate of drug-likeness (QED) is 0.707. The number of anilines is 1. The second-order valence-corrected chi connectivity index (χ2v) is 7.34. The van der Waals surface area contributed by atoms with Crippen LogP contribution < -0.4 is 5.32 Å². The van der Waals surface area contributed by atoms with Gasteiger partial charge in [-0.3, -0.25) is 9.59 Å². The van der Waals surface area contributed by atoms with Crippen molar-refractivity contribution >= 4 is 51.8 Å². The molecule has 0 atom stereocenters. The molecule has 2 aromatic heterocycles. The van der Waals surface area contributed by atoms with E-state index in [1.54, 1.807) is 48.0 Å². The highest BCUT2D eigenvalue weighted by atomic mass is 35.5. The summed E-state index contributed by atoms with van der Waals surface area (Å²) in [5.74, 6) is -0.574. The monoisotopic (exact) mass is 391 g/mol. The van der Waals surface area contributed by atoms with Gasteiger partial charge < -0.3 is 10.2 Å². The number of nitrogens with one attached hydrogen (secondary N) is 1. The second kappa shape index (κ2) is 7.77. The van der Waals surface area contributed by atoms with Crippen molar-refractivity contribution in [3.63, 3.8) is 0 Å². The first kappa shape index (κ1) is 17.6. The summed E-state index contributed by atoms with van der Waals surface area (Å²) in [6.07, 6.45) is 0. The number of hydrogen-bond acceptors (Lipinski definition) is 5. The average molecular weight is 392 g/mol. The Morgan fingerprint density at radius 1 is 1.20 bits per heavy atom. The maximum absolute atomic E-state index is 12.4. The van der Waals surface area contributed by atoms with Crippen molar-refractivity contribution in [1.29, 1.82) is 0 Å². The van der Waals surface area contributed by atoms with Gasteiger partial charge in [0.15, 0.2) is 0 Å². The lowest BCUT2D eigenvalue weighted by atomic mass is 10.3. The van der Waals surface area contributed by atoms with E-state index in [0.717, 1.165) is 10.6 Å². The van der Waals surface area contributed by atoms with Crippen LogP contribution >= 0.6 is 34.3 Å². The van der Waals surface area contributed by atoms with Gasteiger partial charge in [0.25, 0.3) is 5.91 Å². The minimum absolute atomic E-state index is 0.0627. The molecule has 2 heterocycles. The van der Waals surface area contributed by atoms with Gasteiger partial charge in [0.05, 0.1) is 6.54 Å². The van der Waals surface area contributed by atoms with Crippen molar-refractivity contribution in [2.75, 3.05) is 18.9 Å². The van der Waals surface area contributed by atoms with Gasteiger partial charge in [-0.25, -0.2) is 4.98 Å². The van der Waals surface area contributed by atoms with Gasteiger partial charge in [-0.1, -0.05) is 11.6 Å². The second-order valence-electron chi connectivity index (χ2n) is 5.27. The number of hydrogen-bond donors (Lipinski definition) is 1. The fourth-order valence-electron chi connectivity index (χ4n) is 2.11. The van der Waals surface area contributed by atoms with Crippen LogP contribution in [0.25, 0.3) is 10.6 Å². The third kappa shape index (κ3) is 4.45. The Hall–Kier alpha value is -2.22. The van der Waals surface area contributed by atoms with Crippen molar-refractivity contribution in [3.8, 4) is 10.6 Å². The summed E-state index contributed by atoms with van der Waals surface area (Å²) >= 11 is 8.80. The molecule has 0 spiro atoms. The van der Waals surface area contributed by atoms with Crippen LogP contribution in [-0.4, -0.2) is 35.3 Å². The van der Waals surface area contributed by atoms with E-state index in [1.807, 2.05) is 16.8 Å². The average Bonchev–Trinajstić information content (AvgIpc) is 3.27. The Bertz CT molecular complexity index is 876. The lowest BCUT2D eigenvalue weighted by Crippen LogP contribution is -2.35. The molecule has 0 aliphatic carbocycles. The Balaban J connectivity index is 1.60. The molecular formula is C17H14ClN3O2S2. The number of nitrogens with zero attached hydrogens (tertiary/aromatic N) is 2. The molecular weight excluding hydrogens is 378 g/mol. The van der Waals surface area contributed by atoms with Crippen molar-refractivity contribution in [3.05, 3.63) is 57.2 Å². The molecule has 1 aromatic carbocycles. The smallest absolute Gasteiger partial charge is 0.273 e. The van der Waals surface area contributed by atoms with E-state index in [9.17, 15) is 9.59 Å². The number of aromatic nitrogens is 1. The topological polar surface area (TPSA) is 62.3 Å². The molecule has 25 heavy (non-hydrogen) atoms. The van der Waals surface area contributed by atoms with E-state index in [-0.39, 0.29) is 18.4 Å². The zero-order valence-corrected chi connectivity index (χ0v) is 15.6. The molecule has 1 N–H and O–H groups in total. The molecule has 3 rings (SSSR count). The van der Waals surface area contributed by atoms with Crippen molar-refractivity contribution in [1.82, 2.24) is 9.88 Å². The predicted molar refractivity (Wildman–Crippen MR) is 102 cm³/mol. The number of rotatable bonds is 5.